The summed E-state index contributed by atoms with van der Waals surface area (Å²) in [6, 6.07) is 0. The van der Waals surface area contributed by atoms with Crippen molar-refractivity contribution in [1.29, 1.82) is 0 Å². The Bertz CT molecular complexity index is 1360. The molecule has 1 aliphatic carbocycles. The van der Waals surface area contributed by atoms with Gasteiger partial charge in [0.15, 0.2) is 6.10 Å². The van der Waals surface area contributed by atoms with Gasteiger partial charge in [-0.05, 0) is 64.2 Å². The topological polar surface area (TPSA) is 296 Å². The molecule has 0 heterocycles. The van der Waals surface area contributed by atoms with Gasteiger partial charge >= 0.3 is 27.6 Å². The lowest BCUT2D eigenvalue weighted by Gasteiger charge is -2.43. The molecule has 1 saturated carbocycles. The number of carbonyl (C=O) groups excluding carboxylic acids is 2. The minimum Gasteiger partial charge on any atom is -0.462 e. The van der Waals surface area contributed by atoms with Gasteiger partial charge in [0.25, 0.3) is 0 Å². The molecule has 0 spiro atoms. The summed E-state index contributed by atoms with van der Waals surface area (Å²) in [5.74, 6) is -1.33. The summed E-state index contributed by atoms with van der Waals surface area (Å²) in [6.07, 6.45) is 11.5. The first-order valence-corrected chi connectivity index (χ1v) is 26.1. The van der Waals surface area contributed by atoms with Crippen molar-refractivity contribution in [3.63, 3.8) is 0 Å². The maximum Gasteiger partial charge on any atom is 0.472 e. The van der Waals surface area contributed by atoms with Crippen LogP contribution in [0.3, 0.4) is 0 Å². The monoisotopic (exact) mass is 946 g/mol. The first kappa shape index (κ1) is 59.4. The Morgan fingerprint density at radius 3 is 1.62 bits per heavy atom. The number of phosphoric acid groups is 2. The van der Waals surface area contributed by atoms with Crippen LogP contribution in [-0.4, -0.2) is 125 Å². The molecule has 1 aliphatic rings. The Morgan fingerprint density at radius 1 is 0.556 bits per heavy atom. The molecule has 10 atom stereocenters. The van der Waals surface area contributed by atoms with Crippen molar-refractivity contribution in [2.75, 3.05) is 13.2 Å². The van der Waals surface area contributed by atoms with Gasteiger partial charge in [-0.25, -0.2) is 9.13 Å². The quantitative estimate of drug-likeness (QED) is 0.0146. The summed E-state index contributed by atoms with van der Waals surface area (Å²) in [5, 5.41) is 61.7. The number of ether oxygens (including phenoxy) is 2. The average Bonchev–Trinajstić information content (AvgIpc) is 3.23. The molecule has 0 amide bonds. The summed E-state index contributed by atoms with van der Waals surface area (Å²) < 4.78 is 49.2. The van der Waals surface area contributed by atoms with Crippen LogP contribution in [0.1, 0.15) is 168 Å². The molecule has 18 nitrogen and oxygen atoms in total. The third-order valence-corrected chi connectivity index (χ3v) is 12.2. The van der Waals surface area contributed by atoms with E-state index in [1.807, 2.05) is 12.2 Å². The number of allylic oxidation sites excluding steroid dienone is 3. The van der Waals surface area contributed by atoms with E-state index in [2.05, 4.69) is 30.5 Å². The lowest BCUT2D eigenvalue weighted by Crippen LogP contribution is -2.64. The molecule has 20 heteroatoms. The summed E-state index contributed by atoms with van der Waals surface area (Å²) in [6.45, 7) is 2.88. The molecule has 0 radical (unpaired) electrons. The van der Waals surface area contributed by atoms with Crippen molar-refractivity contribution < 1.29 is 87.1 Å². The second kappa shape index (κ2) is 34.7. The number of unbranched alkanes of at least 4 members (excludes halogenated alkanes) is 16. The number of hydrogen-bond donors (Lipinski definition) is 9. The maximum atomic E-state index is 13.0. The molecule has 9 N–H and O–H groups in total. The zero-order valence-corrected chi connectivity index (χ0v) is 39.3. The molecule has 0 bridgehead atoms. The Hall–Kier alpha value is -1.60. The standard InChI is InChI=1S/C43H80O18P2/c1-3-5-7-9-11-12-13-14-15-16-17-21-25-29-36(46)57-31-33(32-58-63(55,56)61-43-40(50)38(48)39(49)42(41(43)51)60-62(52,53)54)59-37(47)30-26-22-18-20-24-28-35(45)34(44)27-23-19-10-8-6-4-2/h12-13,19,23,33-35,38-45,48-51H,3-11,14-18,20-22,24-32H2,1-2H3,(H,55,56)(H2,52,53,54)/b13-12-,23-19-/t33-,34+,35+,38?,39?,40?,41?,42-,43+/m1/s1. The molecular formula is C43H80O18P2. The van der Waals surface area contributed by atoms with Gasteiger partial charge in [0.05, 0.1) is 18.8 Å². The van der Waals surface area contributed by atoms with E-state index in [4.69, 9.17) is 28.3 Å². The fraction of sp³-hybridized carbons (Fsp3) is 0.860. The maximum absolute atomic E-state index is 13.0. The number of aliphatic hydroxyl groups is 6. The van der Waals surface area contributed by atoms with Gasteiger partial charge in [0.1, 0.15) is 43.2 Å². The fourth-order valence-electron chi connectivity index (χ4n) is 6.93. The van der Waals surface area contributed by atoms with Crippen LogP contribution in [0.15, 0.2) is 24.3 Å². The highest BCUT2D eigenvalue weighted by Gasteiger charge is 2.54. The molecule has 0 aromatic rings. The SMILES string of the molecule is CCCCC/C=C\C[C@H](O)[C@@H](O)CCCCCCCC(=O)O[C@H](COC(=O)CCCCCCC/C=C\CCCCCC)COP(=O)(O)O[C@H]1C(O)C(O)C(O)[C@@H](OP(=O)(O)O)C1O. The van der Waals surface area contributed by atoms with Crippen molar-refractivity contribution in [1.82, 2.24) is 0 Å². The highest BCUT2D eigenvalue weighted by atomic mass is 31.2. The average molecular weight is 947 g/mol. The smallest absolute Gasteiger partial charge is 0.462 e. The predicted molar refractivity (Wildman–Crippen MR) is 235 cm³/mol. The van der Waals surface area contributed by atoms with Crippen molar-refractivity contribution in [3.05, 3.63) is 24.3 Å². The van der Waals surface area contributed by atoms with Crippen LogP contribution in [0.5, 0.6) is 0 Å². The largest absolute Gasteiger partial charge is 0.472 e. The number of hydrogen-bond acceptors (Lipinski definition) is 15. The van der Waals surface area contributed by atoms with E-state index >= 15 is 0 Å². The lowest BCUT2D eigenvalue weighted by molar-refractivity contribution is -0.216. The molecule has 63 heavy (non-hydrogen) atoms. The Balaban J connectivity index is 2.67. The highest BCUT2D eigenvalue weighted by Crippen LogP contribution is 2.49. The van der Waals surface area contributed by atoms with Crippen LogP contribution in [-0.2, 0) is 41.8 Å². The number of carbonyl (C=O) groups is 2. The summed E-state index contributed by atoms with van der Waals surface area (Å²) >= 11 is 0. The van der Waals surface area contributed by atoms with Gasteiger partial charge in [0.2, 0.25) is 0 Å². The van der Waals surface area contributed by atoms with Gasteiger partial charge in [-0.2, -0.15) is 0 Å². The second-order valence-electron chi connectivity index (χ2n) is 16.4. The minimum absolute atomic E-state index is 0.0555. The number of aliphatic hydroxyl groups excluding tert-OH is 6. The van der Waals surface area contributed by atoms with E-state index in [-0.39, 0.29) is 12.8 Å². The van der Waals surface area contributed by atoms with Crippen LogP contribution in [0.2, 0.25) is 0 Å². The molecule has 1 rings (SSSR count). The van der Waals surface area contributed by atoms with Crippen LogP contribution < -0.4 is 0 Å². The number of phosphoric ester groups is 2. The van der Waals surface area contributed by atoms with E-state index in [9.17, 15) is 54.3 Å². The van der Waals surface area contributed by atoms with Crippen LogP contribution in [0, 0.1) is 0 Å². The summed E-state index contributed by atoms with van der Waals surface area (Å²) in [5.41, 5.74) is 0. The lowest BCUT2D eigenvalue weighted by atomic mass is 9.85. The van der Waals surface area contributed by atoms with Gasteiger partial charge in [-0.3, -0.25) is 23.2 Å². The first-order valence-electron chi connectivity index (χ1n) is 23.1. The van der Waals surface area contributed by atoms with Crippen molar-refractivity contribution in [2.45, 2.75) is 223 Å². The molecule has 5 unspecified atom stereocenters. The van der Waals surface area contributed by atoms with Crippen molar-refractivity contribution in [2.24, 2.45) is 0 Å². The highest BCUT2D eigenvalue weighted by molar-refractivity contribution is 7.47. The first-order chi connectivity index (χ1) is 29.9. The van der Waals surface area contributed by atoms with Gasteiger partial charge in [-0.1, -0.05) is 115 Å². The zero-order valence-electron chi connectivity index (χ0n) is 37.5. The van der Waals surface area contributed by atoms with E-state index in [0.29, 0.717) is 38.5 Å². The van der Waals surface area contributed by atoms with E-state index in [1.165, 1.54) is 25.7 Å². The molecule has 0 aromatic heterocycles. The van der Waals surface area contributed by atoms with Crippen LogP contribution in [0.25, 0.3) is 0 Å². The van der Waals surface area contributed by atoms with Crippen molar-refractivity contribution in [3.8, 4) is 0 Å². The minimum atomic E-state index is -5.38. The Morgan fingerprint density at radius 2 is 1.03 bits per heavy atom. The molecule has 1 fully saturated rings. The Labute approximate surface area is 374 Å². The van der Waals surface area contributed by atoms with E-state index < -0.39 is 95.7 Å². The van der Waals surface area contributed by atoms with E-state index in [1.54, 1.807) is 0 Å². The second-order valence-corrected chi connectivity index (χ2v) is 19.0. The summed E-state index contributed by atoms with van der Waals surface area (Å²) in [7, 11) is -10.7. The van der Waals surface area contributed by atoms with Crippen LogP contribution in [0.4, 0.5) is 0 Å². The summed E-state index contributed by atoms with van der Waals surface area (Å²) in [4.78, 5) is 54.2. The number of rotatable bonds is 38. The normalized spacial score (nSPS) is 23.2. The molecule has 370 valence electrons. The molecular weight excluding hydrogens is 866 g/mol. The van der Waals surface area contributed by atoms with E-state index in [0.717, 1.165) is 77.0 Å². The van der Waals surface area contributed by atoms with Crippen LogP contribution >= 0.6 is 15.6 Å². The third-order valence-electron chi connectivity index (χ3n) is 10.7. The molecule has 0 aliphatic heterocycles. The van der Waals surface area contributed by atoms with Gasteiger partial charge in [-0.15, -0.1) is 0 Å². The fourth-order valence-corrected chi connectivity index (χ4v) is 8.46. The molecule has 0 saturated heterocycles. The van der Waals surface area contributed by atoms with Gasteiger partial charge in [0, 0.05) is 12.8 Å². The zero-order chi connectivity index (χ0) is 47.1. The molecule has 0 aromatic carbocycles. The van der Waals surface area contributed by atoms with Gasteiger partial charge < -0.3 is 54.8 Å². The van der Waals surface area contributed by atoms with Crippen molar-refractivity contribution >= 4 is 27.6 Å². The predicted octanol–water partition coefficient (Wildman–Crippen LogP) is 6.12. The number of esters is 2. The Kier molecular flexibility index (Phi) is 32.7. The third kappa shape index (κ3) is 28.9.